The van der Waals surface area contributed by atoms with Gasteiger partial charge in [0.05, 0.1) is 10.5 Å². The Hall–Kier alpha value is -2.97. The van der Waals surface area contributed by atoms with Crippen molar-refractivity contribution in [1.82, 2.24) is 0 Å². The molecule has 0 aromatic heterocycles. The first-order chi connectivity index (χ1) is 14.0. The SMILES string of the molecule is CCCCCC(C)(C)c1ccc(O)c(N=Nc2ccc(C(F)(F)F)cc2[N+](=O)[O-])c1. The van der Waals surface area contributed by atoms with E-state index in [-0.39, 0.29) is 22.5 Å². The number of nitro benzene ring substituents is 1. The van der Waals surface area contributed by atoms with Gasteiger partial charge in [0.1, 0.15) is 11.4 Å². The molecule has 0 saturated heterocycles. The summed E-state index contributed by atoms with van der Waals surface area (Å²) in [6.07, 6.45) is -0.551. The van der Waals surface area contributed by atoms with Crippen LogP contribution >= 0.6 is 0 Å². The van der Waals surface area contributed by atoms with E-state index >= 15 is 0 Å². The van der Waals surface area contributed by atoms with Gasteiger partial charge in [0.25, 0.3) is 5.69 Å². The van der Waals surface area contributed by atoms with Crippen LogP contribution in [0.4, 0.5) is 30.2 Å². The molecular formula is C21H24F3N3O3. The zero-order valence-electron chi connectivity index (χ0n) is 17.0. The molecule has 1 N–H and O–H groups in total. The summed E-state index contributed by atoms with van der Waals surface area (Å²) in [7, 11) is 0. The third kappa shape index (κ3) is 5.77. The van der Waals surface area contributed by atoms with E-state index in [0.717, 1.165) is 37.3 Å². The van der Waals surface area contributed by atoms with Crippen molar-refractivity contribution >= 4 is 17.1 Å². The second-order valence-corrected chi connectivity index (χ2v) is 7.70. The Morgan fingerprint density at radius 3 is 2.23 bits per heavy atom. The number of halogens is 3. The number of nitro groups is 1. The predicted octanol–water partition coefficient (Wildman–Crippen LogP) is 7.59. The normalized spacial score (nSPS) is 12.5. The average molecular weight is 423 g/mol. The van der Waals surface area contributed by atoms with Crippen molar-refractivity contribution in [2.24, 2.45) is 10.2 Å². The fourth-order valence-corrected chi connectivity index (χ4v) is 3.02. The lowest BCUT2D eigenvalue weighted by Crippen LogP contribution is -2.16. The van der Waals surface area contributed by atoms with Crippen LogP contribution < -0.4 is 0 Å². The van der Waals surface area contributed by atoms with Crippen LogP contribution in [0.15, 0.2) is 46.6 Å². The van der Waals surface area contributed by atoms with Gasteiger partial charge in [0.15, 0.2) is 5.69 Å². The highest BCUT2D eigenvalue weighted by Crippen LogP contribution is 2.39. The topological polar surface area (TPSA) is 88.1 Å². The largest absolute Gasteiger partial charge is 0.506 e. The fourth-order valence-electron chi connectivity index (χ4n) is 3.02. The van der Waals surface area contributed by atoms with Crippen LogP contribution in [0.1, 0.15) is 57.6 Å². The summed E-state index contributed by atoms with van der Waals surface area (Å²) < 4.78 is 38.5. The molecule has 0 unspecified atom stereocenters. The fraction of sp³-hybridized carbons (Fsp3) is 0.429. The van der Waals surface area contributed by atoms with E-state index in [1.807, 2.05) is 0 Å². The van der Waals surface area contributed by atoms with Gasteiger partial charge in [0.2, 0.25) is 0 Å². The number of hydrogen-bond acceptors (Lipinski definition) is 5. The van der Waals surface area contributed by atoms with Gasteiger partial charge in [-0.3, -0.25) is 10.1 Å². The van der Waals surface area contributed by atoms with Crippen LogP contribution in [0.25, 0.3) is 0 Å². The average Bonchev–Trinajstić information content (AvgIpc) is 2.66. The Labute approximate surface area is 172 Å². The van der Waals surface area contributed by atoms with E-state index in [1.54, 1.807) is 12.1 Å². The van der Waals surface area contributed by atoms with Crippen LogP contribution in [0.5, 0.6) is 5.75 Å². The highest BCUT2D eigenvalue weighted by Gasteiger charge is 2.33. The molecule has 6 nitrogen and oxygen atoms in total. The second kappa shape index (κ2) is 9.23. The van der Waals surface area contributed by atoms with Crippen LogP contribution in [-0.4, -0.2) is 10.0 Å². The number of azo groups is 1. The highest BCUT2D eigenvalue weighted by atomic mass is 19.4. The maximum Gasteiger partial charge on any atom is 0.416 e. The molecule has 0 atom stereocenters. The van der Waals surface area contributed by atoms with Gasteiger partial charge < -0.3 is 5.11 Å². The van der Waals surface area contributed by atoms with Crippen LogP contribution in [-0.2, 0) is 11.6 Å². The first-order valence-electron chi connectivity index (χ1n) is 9.56. The van der Waals surface area contributed by atoms with Gasteiger partial charge in [0, 0.05) is 6.07 Å². The lowest BCUT2D eigenvalue weighted by atomic mass is 9.80. The van der Waals surface area contributed by atoms with Gasteiger partial charge in [-0.15, -0.1) is 10.2 Å². The Balaban J connectivity index is 2.37. The minimum Gasteiger partial charge on any atom is -0.506 e. The number of phenolic OH excluding ortho intramolecular Hbond substituents is 1. The number of alkyl halides is 3. The molecule has 2 aromatic carbocycles. The van der Waals surface area contributed by atoms with Gasteiger partial charge in [-0.1, -0.05) is 46.1 Å². The van der Waals surface area contributed by atoms with Crippen molar-refractivity contribution in [3.63, 3.8) is 0 Å². The zero-order chi connectivity index (χ0) is 22.5. The summed E-state index contributed by atoms with van der Waals surface area (Å²) in [4.78, 5) is 10.2. The molecule has 2 rings (SSSR count). The van der Waals surface area contributed by atoms with Gasteiger partial charge >= 0.3 is 6.18 Å². The first kappa shape index (κ1) is 23.3. The van der Waals surface area contributed by atoms with Crippen molar-refractivity contribution in [2.75, 3.05) is 0 Å². The number of nitrogens with zero attached hydrogens (tertiary/aromatic N) is 3. The molecule has 9 heteroatoms. The van der Waals surface area contributed by atoms with Crippen molar-refractivity contribution in [3.8, 4) is 5.75 Å². The molecule has 0 aliphatic carbocycles. The van der Waals surface area contributed by atoms with E-state index in [1.165, 1.54) is 6.07 Å². The number of phenols is 1. The summed E-state index contributed by atoms with van der Waals surface area (Å²) in [6, 6.07) is 6.89. The number of benzene rings is 2. The van der Waals surface area contributed by atoms with Crippen molar-refractivity contribution < 1.29 is 23.2 Å². The Morgan fingerprint density at radius 2 is 1.63 bits per heavy atom. The molecule has 0 aliphatic rings. The smallest absolute Gasteiger partial charge is 0.416 e. The summed E-state index contributed by atoms with van der Waals surface area (Å²) in [6.45, 7) is 6.25. The summed E-state index contributed by atoms with van der Waals surface area (Å²) in [5.41, 5.74) is -1.48. The molecule has 162 valence electrons. The van der Waals surface area contributed by atoms with E-state index in [2.05, 4.69) is 31.0 Å². The second-order valence-electron chi connectivity index (χ2n) is 7.70. The van der Waals surface area contributed by atoms with Gasteiger partial charge in [-0.25, -0.2) is 0 Å². The summed E-state index contributed by atoms with van der Waals surface area (Å²) >= 11 is 0. The van der Waals surface area contributed by atoms with E-state index in [4.69, 9.17) is 0 Å². The van der Waals surface area contributed by atoms with Crippen molar-refractivity contribution in [3.05, 3.63) is 57.6 Å². The van der Waals surface area contributed by atoms with Crippen LogP contribution in [0.2, 0.25) is 0 Å². The molecule has 2 aromatic rings. The third-order valence-electron chi connectivity index (χ3n) is 4.93. The van der Waals surface area contributed by atoms with E-state index < -0.39 is 22.4 Å². The number of aromatic hydroxyl groups is 1. The predicted molar refractivity (Wildman–Crippen MR) is 108 cm³/mol. The third-order valence-corrected chi connectivity index (χ3v) is 4.93. The molecule has 0 radical (unpaired) electrons. The highest BCUT2D eigenvalue weighted by molar-refractivity contribution is 5.60. The van der Waals surface area contributed by atoms with Gasteiger partial charge in [-0.05, 0) is 41.7 Å². The molecule has 0 aliphatic heterocycles. The zero-order valence-corrected chi connectivity index (χ0v) is 17.0. The molecule has 30 heavy (non-hydrogen) atoms. The maximum atomic E-state index is 12.8. The molecule has 0 heterocycles. The Morgan fingerprint density at radius 1 is 1.00 bits per heavy atom. The van der Waals surface area contributed by atoms with E-state index in [0.29, 0.717) is 12.1 Å². The lowest BCUT2D eigenvalue weighted by Gasteiger charge is -2.25. The number of hydrogen-bond donors (Lipinski definition) is 1. The molecule has 0 saturated carbocycles. The molecule has 0 fully saturated rings. The van der Waals surface area contributed by atoms with Crippen LogP contribution in [0, 0.1) is 10.1 Å². The monoisotopic (exact) mass is 423 g/mol. The standard InChI is InChI=1S/C21H24F3N3O3/c1-4-5-6-11-20(2,3)14-8-10-19(28)17(12-14)26-25-16-9-7-15(21(22,23)24)13-18(16)27(29)30/h7-10,12-13,28H,4-6,11H2,1-3H3. The molecule has 0 spiro atoms. The minimum atomic E-state index is -4.71. The maximum absolute atomic E-state index is 12.8. The van der Waals surface area contributed by atoms with Crippen LogP contribution in [0.3, 0.4) is 0 Å². The van der Waals surface area contributed by atoms with E-state index in [9.17, 15) is 28.4 Å². The van der Waals surface area contributed by atoms with Crippen molar-refractivity contribution in [2.45, 2.75) is 58.0 Å². The molecular weight excluding hydrogens is 399 g/mol. The summed E-state index contributed by atoms with van der Waals surface area (Å²) in [5, 5.41) is 28.9. The van der Waals surface area contributed by atoms with Crippen molar-refractivity contribution in [1.29, 1.82) is 0 Å². The molecule has 0 amide bonds. The number of unbranched alkanes of at least 4 members (excludes halogenated alkanes) is 2. The lowest BCUT2D eigenvalue weighted by molar-refractivity contribution is -0.384. The minimum absolute atomic E-state index is 0.0882. The Bertz CT molecular complexity index is 941. The quantitative estimate of drug-likeness (QED) is 0.205. The van der Waals surface area contributed by atoms with Gasteiger partial charge in [-0.2, -0.15) is 13.2 Å². The number of rotatable bonds is 8. The first-order valence-corrected chi connectivity index (χ1v) is 9.56. The molecule has 0 bridgehead atoms. The summed E-state index contributed by atoms with van der Waals surface area (Å²) in [5.74, 6) is -0.179. The Kier molecular flexibility index (Phi) is 7.17.